The van der Waals surface area contributed by atoms with Crippen LogP contribution in [-0.4, -0.2) is 42.8 Å². The fraction of sp³-hybridized carbons (Fsp3) is 0.941. The summed E-state index contributed by atoms with van der Waals surface area (Å²) in [5.41, 5.74) is -0.408. The van der Waals surface area contributed by atoms with Gasteiger partial charge in [0, 0.05) is 13.1 Å². The molecule has 4 heteroatoms. The van der Waals surface area contributed by atoms with Crippen molar-refractivity contribution in [2.45, 2.75) is 60.0 Å². The van der Waals surface area contributed by atoms with Crippen LogP contribution < -0.4 is 5.32 Å². The van der Waals surface area contributed by atoms with Crippen LogP contribution in [0.3, 0.4) is 0 Å². The van der Waals surface area contributed by atoms with Gasteiger partial charge < -0.3 is 15.0 Å². The molecule has 0 spiro atoms. The maximum atomic E-state index is 12.1. The number of rotatable bonds is 5. The van der Waals surface area contributed by atoms with Gasteiger partial charge in [-0.15, -0.1) is 0 Å². The number of hydrogen-bond donors (Lipinski definition) is 1. The molecule has 0 saturated carbocycles. The lowest BCUT2D eigenvalue weighted by Crippen LogP contribution is -2.45. The maximum Gasteiger partial charge on any atom is 0.410 e. The summed E-state index contributed by atoms with van der Waals surface area (Å²) in [7, 11) is 0. The Labute approximate surface area is 130 Å². The zero-order chi connectivity index (χ0) is 16.0. The fourth-order valence-corrected chi connectivity index (χ4v) is 2.47. The molecule has 1 aliphatic rings. The van der Waals surface area contributed by atoms with Crippen LogP contribution in [0.15, 0.2) is 0 Å². The molecule has 0 radical (unpaired) electrons. The van der Waals surface area contributed by atoms with E-state index in [1.165, 1.54) is 6.42 Å². The molecule has 1 heterocycles. The average molecular weight is 298 g/mol. The van der Waals surface area contributed by atoms with Gasteiger partial charge in [0.2, 0.25) is 0 Å². The molecule has 0 aromatic heterocycles. The minimum absolute atomic E-state index is 0.164. The molecule has 2 unspecified atom stereocenters. The standard InChI is InChI=1S/C17H34N2O2/c1-13(2)14(3)10-18-11-15-8-7-9-19(12-15)16(20)21-17(4,5)6/h13-15,18H,7-12H2,1-6H3. The van der Waals surface area contributed by atoms with Crippen LogP contribution in [0.4, 0.5) is 4.79 Å². The van der Waals surface area contributed by atoms with E-state index >= 15 is 0 Å². The van der Waals surface area contributed by atoms with Crippen molar-refractivity contribution < 1.29 is 9.53 Å². The van der Waals surface area contributed by atoms with Crippen LogP contribution in [0.5, 0.6) is 0 Å². The number of carbonyl (C=O) groups excluding carboxylic acids is 1. The molecule has 21 heavy (non-hydrogen) atoms. The number of amides is 1. The van der Waals surface area contributed by atoms with Crippen LogP contribution in [-0.2, 0) is 4.74 Å². The van der Waals surface area contributed by atoms with E-state index < -0.39 is 5.60 Å². The molecule has 4 nitrogen and oxygen atoms in total. The molecule has 1 amide bonds. The zero-order valence-corrected chi connectivity index (χ0v) is 14.7. The summed E-state index contributed by atoms with van der Waals surface area (Å²) in [4.78, 5) is 14.0. The Morgan fingerprint density at radius 1 is 1.33 bits per heavy atom. The lowest BCUT2D eigenvalue weighted by molar-refractivity contribution is 0.0166. The molecule has 2 atom stereocenters. The number of nitrogens with zero attached hydrogens (tertiary/aromatic N) is 1. The van der Waals surface area contributed by atoms with Crippen molar-refractivity contribution in [3.8, 4) is 0 Å². The third-order valence-corrected chi connectivity index (χ3v) is 4.21. The molecule has 124 valence electrons. The van der Waals surface area contributed by atoms with Gasteiger partial charge in [-0.3, -0.25) is 0 Å². The highest BCUT2D eigenvalue weighted by atomic mass is 16.6. The molecular formula is C17H34N2O2. The first-order valence-corrected chi connectivity index (χ1v) is 8.37. The first kappa shape index (κ1) is 18.3. The molecule has 0 aromatic rings. The summed E-state index contributed by atoms with van der Waals surface area (Å²) in [5, 5.41) is 3.57. The van der Waals surface area contributed by atoms with Gasteiger partial charge in [-0.1, -0.05) is 20.8 Å². The van der Waals surface area contributed by atoms with E-state index in [-0.39, 0.29) is 6.09 Å². The summed E-state index contributed by atoms with van der Waals surface area (Å²) >= 11 is 0. The summed E-state index contributed by atoms with van der Waals surface area (Å²) in [6, 6.07) is 0. The quantitative estimate of drug-likeness (QED) is 0.844. The van der Waals surface area contributed by atoms with E-state index in [9.17, 15) is 4.79 Å². The highest BCUT2D eigenvalue weighted by Gasteiger charge is 2.27. The Kier molecular flexibility index (Phi) is 6.98. The van der Waals surface area contributed by atoms with Crippen molar-refractivity contribution in [1.82, 2.24) is 10.2 Å². The molecule has 1 aliphatic heterocycles. The van der Waals surface area contributed by atoms with Crippen molar-refractivity contribution in [2.75, 3.05) is 26.2 Å². The minimum atomic E-state index is -0.408. The van der Waals surface area contributed by atoms with Crippen molar-refractivity contribution >= 4 is 6.09 Å². The smallest absolute Gasteiger partial charge is 0.410 e. The maximum absolute atomic E-state index is 12.1. The van der Waals surface area contributed by atoms with Crippen molar-refractivity contribution in [1.29, 1.82) is 0 Å². The highest BCUT2D eigenvalue weighted by Crippen LogP contribution is 2.19. The first-order chi connectivity index (χ1) is 9.69. The monoisotopic (exact) mass is 298 g/mol. The third-order valence-electron chi connectivity index (χ3n) is 4.21. The van der Waals surface area contributed by atoms with Crippen molar-refractivity contribution in [3.63, 3.8) is 0 Å². The molecule has 0 aromatic carbocycles. The van der Waals surface area contributed by atoms with Crippen molar-refractivity contribution in [3.05, 3.63) is 0 Å². The predicted octanol–water partition coefficient (Wildman–Crippen LogP) is 3.52. The first-order valence-electron chi connectivity index (χ1n) is 8.37. The van der Waals surface area contributed by atoms with Crippen LogP contribution >= 0.6 is 0 Å². The van der Waals surface area contributed by atoms with E-state index in [2.05, 4.69) is 26.1 Å². The molecular weight excluding hydrogens is 264 g/mol. The summed E-state index contributed by atoms with van der Waals surface area (Å²) in [6.45, 7) is 16.3. The van der Waals surface area contributed by atoms with Gasteiger partial charge in [-0.05, 0) is 64.5 Å². The Morgan fingerprint density at radius 3 is 2.57 bits per heavy atom. The minimum Gasteiger partial charge on any atom is -0.444 e. The van der Waals surface area contributed by atoms with E-state index in [4.69, 9.17) is 4.74 Å². The van der Waals surface area contributed by atoms with Crippen LogP contribution in [0, 0.1) is 17.8 Å². The molecule has 1 saturated heterocycles. The third kappa shape index (κ3) is 7.16. The SMILES string of the molecule is CC(C)C(C)CNCC1CCCN(C(=O)OC(C)(C)C)C1. The van der Waals surface area contributed by atoms with E-state index in [1.54, 1.807) is 0 Å². The lowest BCUT2D eigenvalue weighted by Gasteiger charge is -2.34. The zero-order valence-electron chi connectivity index (χ0n) is 14.7. The van der Waals surface area contributed by atoms with Gasteiger partial charge in [-0.25, -0.2) is 4.79 Å². The predicted molar refractivity (Wildman–Crippen MR) is 87.4 cm³/mol. The number of ether oxygens (including phenoxy) is 1. The number of hydrogen-bond acceptors (Lipinski definition) is 3. The second kappa shape index (κ2) is 8.02. The Bertz CT molecular complexity index is 323. The van der Waals surface area contributed by atoms with Crippen LogP contribution in [0.2, 0.25) is 0 Å². The van der Waals surface area contributed by atoms with Crippen LogP contribution in [0.25, 0.3) is 0 Å². The van der Waals surface area contributed by atoms with Crippen LogP contribution in [0.1, 0.15) is 54.4 Å². The molecule has 1 fully saturated rings. The Balaban J connectivity index is 2.33. The molecule has 0 aliphatic carbocycles. The number of nitrogens with one attached hydrogen (secondary N) is 1. The average Bonchev–Trinajstić information content (AvgIpc) is 2.36. The number of likely N-dealkylation sites (tertiary alicyclic amines) is 1. The largest absolute Gasteiger partial charge is 0.444 e. The van der Waals surface area contributed by atoms with Crippen molar-refractivity contribution in [2.24, 2.45) is 17.8 Å². The van der Waals surface area contributed by atoms with E-state index in [1.807, 2.05) is 25.7 Å². The highest BCUT2D eigenvalue weighted by molar-refractivity contribution is 5.68. The van der Waals surface area contributed by atoms with E-state index in [0.29, 0.717) is 17.8 Å². The van der Waals surface area contributed by atoms with E-state index in [0.717, 1.165) is 32.6 Å². The summed E-state index contributed by atoms with van der Waals surface area (Å²) < 4.78 is 5.47. The summed E-state index contributed by atoms with van der Waals surface area (Å²) in [6.07, 6.45) is 2.11. The lowest BCUT2D eigenvalue weighted by atomic mass is 9.96. The van der Waals surface area contributed by atoms with Gasteiger partial charge in [0.25, 0.3) is 0 Å². The van der Waals surface area contributed by atoms with Gasteiger partial charge in [0.05, 0.1) is 0 Å². The second-order valence-corrected chi connectivity index (χ2v) is 7.81. The van der Waals surface area contributed by atoms with Gasteiger partial charge in [0.1, 0.15) is 5.60 Å². The summed E-state index contributed by atoms with van der Waals surface area (Å²) in [5.74, 6) is 1.95. The molecule has 1 N–H and O–H groups in total. The van der Waals surface area contributed by atoms with Gasteiger partial charge in [-0.2, -0.15) is 0 Å². The number of carbonyl (C=O) groups is 1. The van der Waals surface area contributed by atoms with Gasteiger partial charge >= 0.3 is 6.09 Å². The van der Waals surface area contributed by atoms with Gasteiger partial charge in [0.15, 0.2) is 0 Å². The Morgan fingerprint density at radius 2 is 2.00 bits per heavy atom. The molecule has 0 bridgehead atoms. The number of piperidine rings is 1. The second-order valence-electron chi connectivity index (χ2n) is 7.81. The fourth-order valence-electron chi connectivity index (χ4n) is 2.47. The topological polar surface area (TPSA) is 41.6 Å². The molecule has 1 rings (SSSR count). The Hall–Kier alpha value is -0.770. The normalized spacial score (nSPS) is 21.5.